The van der Waals surface area contributed by atoms with Gasteiger partial charge >= 0.3 is 0 Å². The zero-order valence-electron chi connectivity index (χ0n) is 14.6. The van der Waals surface area contributed by atoms with E-state index in [1.54, 1.807) is 0 Å². The fourth-order valence-corrected chi connectivity index (χ4v) is 2.50. The molecule has 0 fully saturated rings. The van der Waals surface area contributed by atoms with Gasteiger partial charge in [-0.3, -0.25) is 9.97 Å². The van der Waals surface area contributed by atoms with Gasteiger partial charge in [-0.2, -0.15) is 0 Å². The Bertz CT molecular complexity index is 482. The molecule has 0 aliphatic heterocycles. The van der Waals surface area contributed by atoms with Gasteiger partial charge in [0.05, 0.1) is 11.4 Å². The van der Waals surface area contributed by atoms with Gasteiger partial charge in [-0.25, -0.2) is 0 Å². The average molecular weight is 327 g/mol. The maximum absolute atomic E-state index is 4.31. The van der Waals surface area contributed by atoms with E-state index < -0.39 is 0 Å². The Morgan fingerprint density at radius 1 is 0.792 bits per heavy atom. The second kappa shape index (κ2) is 11.7. The van der Waals surface area contributed by atoms with E-state index in [0.29, 0.717) is 0 Å². The van der Waals surface area contributed by atoms with E-state index in [2.05, 4.69) is 44.7 Å². The van der Waals surface area contributed by atoms with Crippen LogP contribution in [-0.4, -0.2) is 48.1 Å². The standard InChI is InChI=1S/C19H29N5/c1-24(14-6-10-20-16-18-8-2-4-12-22-18)15-7-11-21-17-19-9-3-5-13-23-19/h2-5,8-9,12-13,20-21H,6-7,10-11,14-17H2,1H3. The van der Waals surface area contributed by atoms with Crippen LogP contribution in [0.1, 0.15) is 24.2 Å². The molecule has 5 nitrogen and oxygen atoms in total. The van der Waals surface area contributed by atoms with Crippen molar-refractivity contribution >= 4 is 0 Å². The molecule has 2 N–H and O–H groups in total. The molecule has 2 aromatic rings. The summed E-state index contributed by atoms with van der Waals surface area (Å²) >= 11 is 0. The molecule has 0 amide bonds. The van der Waals surface area contributed by atoms with Crippen LogP contribution in [-0.2, 0) is 13.1 Å². The lowest BCUT2D eigenvalue weighted by atomic mass is 10.3. The molecule has 5 heteroatoms. The molecule has 0 aliphatic rings. The lowest BCUT2D eigenvalue weighted by molar-refractivity contribution is 0.320. The maximum Gasteiger partial charge on any atom is 0.0541 e. The Kier molecular flexibility index (Phi) is 9.01. The van der Waals surface area contributed by atoms with E-state index >= 15 is 0 Å². The van der Waals surface area contributed by atoms with Crippen molar-refractivity contribution in [2.75, 3.05) is 33.2 Å². The SMILES string of the molecule is CN(CCCNCc1ccccn1)CCCNCc1ccccn1. The van der Waals surface area contributed by atoms with Crippen LogP contribution in [0.4, 0.5) is 0 Å². The van der Waals surface area contributed by atoms with Crippen molar-refractivity contribution in [3.05, 3.63) is 60.2 Å². The molecule has 2 aromatic heterocycles. The predicted octanol–water partition coefficient (Wildman–Crippen LogP) is 2.07. The fraction of sp³-hybridized carbons (Fsp3) is 0.474. The van der Waals surface area contributed by atoms with Gasteiger partial charge in [0.2, 0.25) is 0 Å². The number of hydrogen-bond acceptors (Lipinski definition) is 5. The van der Waals surface area contributed by atoms with Gasteiger partial charge in [-0.1, -0.05) is 12.1 Å². The third-order valence-corrected chi connectivity index (χ3v) is 3.85. The summed E-state index contributed by atoms with van der Waals surface area (Å²) in [5, 5.41) is 6.89. The second-order valence-corrected chi connectivity index (χ2v) is 6.01. The van der Waals surface area contributed by atoms with Crippen molar-refractivity contribution in [2.24, 2.45) is 0 Å². The largest absolute Gasteiger partial charge is 0.311 e. The molecule has 0 aromatic carbocycles. The Morgan fingerprint density at radius 3 is 1.71 bits per heavy atom. The van der Waals surface area contributed by atoms with E-state index in [1.807, 2.05) is 36.7 Å². The van der Waals surface area contributed by atoms with Gasteiger partial charge in [0.25, 0.3) is 0 Å². The third-order valence-electron chi connectivity index (χ3n) is 3.85. The summed E-state index contributed by atoms with van der Waals surface area (Å²) in [5.41, 5.74) is 2.20. The Hall–Kier alpha value is -1.82. The molecule has 0 unspecified atom stereocenters. The van der Waals surface area contributed by atoms with Gasteiger partial charge in [-0.05, 0) is 70.3 Å². The highest BCUT2D eigenvalue weighted by Gasteiger charge is 1.99. The van der Waals surface area contributed by atoms with E-state index in [9.17, 15) is 0 Å². The summed E-state index contributed by atoms with van der Waals surface area (Å²) in [4.78, 5) is 11.0. The zero-order valence-corrected chi connectivity index (χ0v) is 14.6. The van der Waals surface area contributed by atoms with Crippen LogP contribution in [0.2, 0.25) is 0 Å². The molecule has 0 spiro atoms. The minimum atomic E-state index is 0.849. The molecule has 0 aliphatic carbocycles. The molecule has 130 valence electrons. The first-order valence-electron chi connectivity index (χ1n) is 8.74. The summed E-state index contributed by atoms with van der Waals surface area (Å²) in [5.74, 6) is 0. The van der Waals surface area contributed by atoms with Crippen molar-refractivity contribution in [3.63, 3.8) is 0 Å². The topological polar surface area (TPSA) is 53.1 Å². The number of nitrogens with one attached hydrogen (secondary N) is 2. The molecule has 0 saturated heterocycles. The maximum atomic E-state index is 4.31. The molecular formula is C19H29N5. The molecule has 0 atom stereocenters. The summed E-state index contributed by atoms with van der Waals surface area (Å²) in [6.45, 7) is 5.99. The highest BCUT2D eigenvalue weighted by Crippen LogP contribution is 1.94. The molecule has 24 heavy (non-hydrogen) atoms. The number of nitrogens with zero attached hydrogens (tertiary/aromatic N) is 3. The minimum absolute atomic E-state index is 0.849. The first-order valence-corrected chi connectivity index (χ1v) is 8.74. The van der Waals surface area contributed by atoms with Gasteiger partial charge in [0.15, 0.2) is 0 Å². The lowest BCUT2D eigenvalue weighted by Gasteiger charge is -2.16. The van der Waals surface area contributed by atoms with Crippen LogP contribution < -0.4 is 10.6 Å². The smallest absolute Gasteiger partial charge is 0.0541 e. The number of aromatic nitrogens is 2. The van der Waals surface area contributed by atoms with Crippen molar-refractivity contribution in [3.8, 4) is 0 Å². The normalized spacial score (nSPS) is 11.1. The molecule has 2 heterocycles. The number of pyridine rings is 2. The van der Waals surface area contributed by atoms with Crippen LogP contribution in [0.3, 0.4) is 0 Å². The van der Waals surface area contributed by atoms with Gasteiger partial charge < -0.3 is 15.5 Å². The van der Waals surface area contributed by atoms with E-state index in [0.717, 1.165) is 63.5 Å². The Morgan fingerprint density at radius 2 is 1.29 bits per heavy atom. The quantitative estimate of drug-likeness (QED) is 0.585. The second-order valence-electron chi connectivity index (χ2n) is 6.01. The zero-order chi connectivity index (χ0) is 16.9. The number of rotatable bonds is 12. The predicted molar refractivity (Wildman–Crippen MR) is 98.6 cm³/mol. The van der Waals surface area contributed by atoms with Crippen LogP contribution >= 0.6 is 0 Å². The van der Waals surface area contributed by atoms with Gasteiger partial charge in [0.1, 0.15) is 0 Å². The lowest BCUT2D eigenvalue weighted by Crippen LogP contribution is -2.27. The first kappa shape index (κ1) is 18.5. The van der Waals surface area contributed by atoms with Crippen LogP contribution in [0.5, 0.6) is 0 Å². The van der Waals surface area contributed by atoms with Crippen molar-refractivity contribution < 1.29 is 0 Å². The van der Waals surface area contributed by atoms with E-state index in [-0.39, 0.29) is 0 Å². The summed E-state index contributed by atoms with van der Waals surface area (Å²) in [7, 11) is 2.19. The molecule has 0 saturated carbocycles. The first-order chi connectivity index (χ1) is 11.8. The third kappa shape index (κ3) is 8.15. The highest BCUT2D eigenvalue weighted by molar-refractivity contribution is 5.03. The van der Waals surface area contributed by atoms with Crippen molar-refractivity contribution in [1.29, 1.82) is 0 Å². The van der Waals surface area contributed by atoms with Crippen LogP contribution in [0, 0.1) is 0 Å². The fourth-order valence-electron chi connectivity index (χ4n) is 2.50. The molecule has 0 bridgehead atoms. The highest BCUT2D eigenvalue weighted by atomic mass is 15.1. The summed E-state index contributed by atoms with van der Waals surface area (Å²) in [6, 6.07) is 12.1. The summed E-state index contributed by atoms with van der Waals surface area (Å²) < 4.78 is 0. The number of hydrogen-bond donors (Lipinski definition) is 2. The van der Waals surface area contributed by atoms with Gasteiger partial charge in [0, 0.05) is 25.5 Å². The average Bonchev–Trinajstić information content (AvgIpc) is 2.63. The Balaban J connectivity index is 1.42. The molecule has 2 rings (SSSR count). The Labute approximate surface area is 145 Å². The summed E-state index contributed by atoms with van der Waals surface area (Å²) in [6.07, 6.45) is 5.99. The van der Waals surface area contributed by atoms with E-state index in [4.69, 9.17) is 0 Å². The van der Waals surface area contributed by atoms with Crippen LogP contribution in [0.15, 0.2) is 48.8 Å². The van der Waals surface area contributed by atoms with Gasteiger partial charge in [-0.15, -0.1) is 0 Å². The monoisotopic (exact) mass is 327 g/mol. The minimum Gasteiger partial charge on any atom is -0.311 e. The van der Waals surface area contributed by atoms with E-state index in [1.165, 1.54) is 0 Å². The molecule has 0 radical (unpaired) electrons. The van der Waals surface area contributed by atoms with Crippen molar-refractivity contribution in [1.82, 2.24) is 25.5 Å². The van der Waals surface area contributed by atoms with Crippen molar-refractivity contribution in [2.45, 2.75) is 25.9 Å². The van der Waals surface area contributed by atoms with Crippen LogP contribution in [0.25, 0.3) is 0 Å². The molecular weight excluding hydrogens is 298 g/mol.